The quantitative estimate of drug-likeness (QED) is 0.825. The topological polar surface area (TPSA) is 35.0 Å². The summed E-state index contributed by atoms with van der Waals surface area (Å²) in [5, 5.41) is 0. The zero-order valence-electron chi connectivity index (χ0n) is 9.40. The third-order valence-electron chi connectivity index (χ3n) is 2.34. The second kappa shape index (κ2) is 4.64. The Labute approximate surface area is 101 Å². The lowest BCUT2D eigenvalue weighted by Gasteiger charge is -2.12. The van der Waals surface area contributed by atoms with Crippen molar-refractivity contribution in [3.63, 3.8) is 0 Å². The van der Waals surface area contributed by atoms with E-state index in [0.29, 0.717) is 5.75 Å². The van der Waals surface area contributed by atoms with Crippen LogP contribution in [-0.4, -0.2) is 17.1 Å². The largest absolute Gasteiger partial charge is 0.497 e. The number of alkyl halides is 3. The Kier molecular flexibility index (Phi) is 3.18. The van der Waals surface area contributed by atoms with Crippen LogP contribution in [0, 0.1) is 0 Å². The average Bonchev–Trinajstić information content (AvgIpc) is 2.38. The summed E-state index contributed by atoms with van der Waals surface area (Å²) in [6.07, 6.45) is -1.68. The predicted molar refractivity (Wildman–Crippen MR) is 59.0 cm³/mol. The zero-order chi connectivity index (χ0) is 13.2. The Morgan fingerprint density at radius 2 is 1.78 bits per heavy atom. The molecule has 3 nitrogen and oxygen atoms in total. The molecule has 94 valence electrons. The van der Waals surface area contributed by atoms with Gasteiger partial charge in [-0.05, 0) is 24.3 Å². The SMILES string of the molecule is COc1ccc(C(F)(F)F)c(-c2ncccn2)c1. The number of aromatic nitrogens is 2. The number of hydrogen-bond donors (Lipinski definition) is 0. The van der Waals surface area contributed by atoms with Gasteiger partial charge in [0.05, 0.1) is 12.7 Å². The standard InChI is InChI=1S/C12H9F3N2O/c1-18-8-3-4-10(12(13,14)15)9(7-8)11-16-5-2-6-17-11/h2-7H,1H3. The molecule has 0 aliphatic rings. The van der Waals surface area contributed by atoms with Crippen molar-refractivity contribution in [1.29, 1.82) is 0 Å². The Morgan fingerprint density at radius 1 is 1.11 bits per heavy atom. The van der Waals surface area contributed by atoms with Crippen LogP contribution in [-0.2, 0) is 6.18 Å². The minimum absolute atomic E-state index is 0.0173. The maximum atomic E-state index is 12.9. The van der Waals surface area contributed by atoms with E-state index < -0.39 is 11.7 Å². The van der Waals surface area contributed by atoms with Crippen LogP contribution in [0.15, 0.2) is 36.7 Å². The van der Waals surface area contributed by atoms with Crippen LogP contribution in [0.2, 0.25) is 0 Å². The number of methoxy groups -OCH3 is 1. The third-order valence-corrected chi connectivity index (χ3v) is 2.34. The molecule has 0 bridgehead atoms. The molecule has 2 rings (SSSR count). The minimum atomic E-state index is -4.46. The summed E-state index contributed by atoms with van der Waals surface area (Å²) in [5.74, 6) is 0.342. The second-order valence-corrected chi connectivity index (χ2v) is 3.48. The number of halogens is 3. The summed E-state index contributed by atoms with van der Waals surface area (Å²) in [5.41, 5.74) is -0.878. The van der Waals surface area contributed by atoms with Crippen LogP contribution in [0.4, 0.5) is 13.2 Å². The number of benzene rings is 1. The van der Waals surface area contributed by atoms with Crippen molar-refractivity contribution in [2.45, 2.75) is 6.18 Å². The maximum Gasteiger partial charge on any atom is 0.417 e. The van der Waals surface area contributed by atoms with Crippen molar-refractivity contribution in [3.05, 3.63) is 42.2 Å². The first-order valence-corrected chi connectivity index (χ1v) is 5.05. The normalized spacial score (nSPS) is 11.3. The molecule has 0 saturated carbocycles. The van der Waals surface area contributed by atoms with Gasteiger partial charge in [0, 0.05) is 18.0 Å². The summed E-state index contributed by atoms with van der Waals surface area (Å²) in [6, 6.07) is 5.04. The first-order valence-electron chi connectivity index (χ1n) is 5.05. The van der Waals surface area contributed by atoms with Gasteiger partial charge >= 0.3 is 6.18 Å². The zero-order valence-corrected chi connectivity index (χ0v) is 9.40. The van der Waals surface area contributed by atoms with Gasteiger partial charge in [0.25, 0.3) is 0 Å². The summed E-state index contributed by atoms with van der Waals surface area (Å²) in [4.78, 5) is 7.66. The second-order valence-electron chi connectivity index (χ2n) is 3.48. The Bertz CT molecular complexity index is 541. The molecule has 0 spiro atoms. The molecular weight excluding hydrogens is 245 g/mol. The molecule has 18 heavy (non-hydrogen) atoms. The molecule has 1 aromatic heterocycles. The molecule has 0 aliphatic heterocycles. The van der Waals surface area contributed by atoms with E-state index in [2.05, 4.69) is 9.97 Å². The molecule has 0 amide bonds. The molecule has 0 unspecified atom stereocenters. The fourth-order valence-electron chi connectivity index (χ4n) is 1.52. The predicted octanol–water partition coefficient (Wildman–Crippen LogP) is 3.17. The molecule has 0 saturated heterocycles. The van der Waals surface area contributed by atoms with Crippen LogP contribution >= 0.6 is 0 Å². The van der Waals surface area contributed by atoms with E-state index in [0.717, 1.165) is 6.07 Å². The fourth-order valence-corrected chi connectivity index (χ4v) is 1.52. The molecule has 0 fully saturated rings. The van der Waals surface area contributed by atoms with E-state index in [1.807, 2.05) is 0 Å². The monoisotopic (exact) mass is 254 g/mol. The highest BCUT2D eigenvalue weighted by Crippen LogP contribution is 2.37. The number of nitrogens with zero attached hydrogens (tertiary/aromatic N) is 2. The van der Waals surface area contributed by atoms with E-state index in [4.69, 9.17) is 4.74 Å². The maximum absolute atomic E-state index is 12.9. The molecule has 1 heterocycles. The van der Waals surface area contributed by atoms with Crippen LogP contribution in [0.25, 0.3) is 11.4 Å². The molecule has 0 atom stereocenters. The lowest BCUT2D eigenvalue weighted by molar-refractivity contribution is -0.137. The van der Waals surface area contributed by atoms with Crippen LogP contribution in [0.1, 0.15) is 5.56 Å². The van der Waals surface area contributed by atoms with E-state index in [9.17, 15) is 13.2 Å². The van der Waals surface area contributed by atoms with Gasteiger partial charge in [-0.3, -0.25) is 0 Å². The van der Waals surface area contributed by atoms with Gasteiger partial charge in [0.15, 0.2) is 5.82 Å². The van der Waals surface area contributed by atoms with Crippen molar-refractivity contribution in [2.24, 2.45) is 0 Å². The molecular formula is C12H9F3N2O. The van der Waals surface area contributed by atoms with E-state index in [1.165, 1.54) is 37.7 Å². The number of hydrogen-bond acceptors (Lipinski definition) is 3. The molecule has 2 aromatic rings. The molecule has 0 N–H and O–H groups in total. The van der Waals surface area contributed by atoms with Crippen LogP contribution in [0.5, 0.6) is 5.75 Å². The molecule has 6 heteroatoms. The summed E-state index contributed by atoms with van der Waals surface area (Å²) in [6.45, 7) is 0. The summed E-state index contributed by atoms with van der Waals surface area (Å²) in [7, 11) is 1.39. The van der Waals surface area contributed by atoms with Gasteiger partial charge in [0.2, 0.25) is 0 Å². The van der Waals surface area contributed by atoms with Gasteiger partial charge in [-0.15, -0.1) is 0 Å². The van der Waals surface area contributed by atoms with Crippen LogP contribution < -0.4 is 4.74 Å². The third kappa shape index (κ3) is 2.42. The van der Waals surface area contributed by atoms with Crippen molar-refractivity contribution >= 4 is 0 Å². The lowest BCUT2D eigenvalue weighted by Crippen LogP contribution is -2.08. The highest BCUT2D eigenvalue weighted by molar-refractivity contribution is 5.63. The van der Waals surface area contributed by atoms with Gasteiger partial charge in [0.1, 0.15) is 5.75 Å². The van der Waals surface area contributed by atoms with Crippen LogP contribution in [0.3, 0.4) is 0 Å². The summed E-state index contributed by atoms with van der Waals surface area (Å²) < 4.78 is 43.5. The fraction of sp³-hybridized carbons (Fsp3) is 0.167. The smallest absolute Gasteiger partial charge is 0.417 e. The Morgan fingerprint density at radius 3 is 2.33 bits per heavy atom. The lowest BCUT2D eigenvalue weighted by atomic mass is 10.1. The van der Waals surface area contributed by atoms with Gasteiger partial charge in [-0.2, -0.15) is 13.2 Å². The van der Waals surface area contributed by atoms with Crippen molar-refractivity contribution < 1.29 is 17.9 Å². The summed E-state index contributed by atoms with van der Waals surface area (Å²) >= 11 is 0. The first-order chi connectivity index (χ1) is 8.52. The average molecular weight is 254 g/mol. The van der Waals surface area contributed by atoms with Crippen molar-refractivity contribution in [2.75, 3.05) is 7.11 Å². The van der Waals surface area contributed by atoms with E-state index in [-0.39, 0.29) is 11.4 Å². The van der Waals surface area contributed by atoms with Crippen molar-refractivity contribution in [1.82, 2.24) is 9.97 Å². The number of ether oxygens (including phenoxy) is 1. The highest BCUT2D eigenvalue weighted by Gasteiger charge is 2.34. The van der Waals surface area contributed by atoms with Gasteiger partial charge in [-0.25, -0.2) is 9.97 Å². The van der Waals surface area contributed by atoms with E-state index in [1.54, 1.807) is 0 Å². The highest BCUT2D eigenvalue weighted by atomic mass is 19.4. The Balaban J connectivity index is 2.62. The van der Waals surface area contributed by atoms with E-state index >= 15 is 0 Å². The molecule has 0 radical (unpaired) electrons. The van der Waals surface area contributed by atoms with Gasteiger partial charge < -0.3 is 4.74 Å². The minimum Gasteiger partial charge on any atom is -0.497 e. The first kappa shape index (κ1) is 12.3. The molecule has 1 aromatic carbocycles. The number of rotatable bonds is 2. The van der Waals surface area contributed by atoms with Crippen molar-refractivity contribution in [3.8, 4) is 17.1 Å². The molecule has 0 aliphatic carbocycles. The van der Waals surface area contributed by atoms with Gasteiger partial charge in [-0.1, -0.05) is 0 Å². The Hall–Kier alpha value is -2.11.